The number of halogens is 4. The topological polar surface area (TPSA) is 34.1 Å². The molecule has 0 aromatic rings. The highest BCUT2D eigenvalue weighted by Crippen LogP contribution is 2.24. The molecule has 0 unspecified atom stereocenters. The highest BCUT2D eigenvalue weighted by molar-refractivity contribution is 6.68. The Kier molecular flexibility index (Phi) is 2.63. The number of allylic oxidation sites excluding steroid dienone is 1. The normalized spacial score (nSPS) is 10.4. The quantitative estimate of drug-likeness (QED) is 0.337. The van der Waals surface area contributed by atoms with Gasteiger partial charge in [-0.2, -0.15) is 13.2 Å². The van der Waals surface area contributed by atoms with Crippen LogP contribution in [-0.4, -0.2) is 17.4 Å². The van der Waals surface area contributed by atoms with Crippen molar-refractivity contribution >= 4 is 22.8 Å². The molecule has 56 valence electrons. The lowest BCUT2D eigenvalue weighted by Gasteiger charge is -2.00. The molecule has 0 saturated heterocycles. The third-order valence-corrected chi connectivity index (χ3v) is 0.771. The maximum Gasteiger partial charge on any atom is 0.431 e. The molecule has 2 nitrogen and oxygen atoms in total. The van der Waals surface area contributed by atoms with Gasteiger partial charge < -0.3 is 0 Å². The summed E-state index contributed by atoms with van der Waals surface area (Å²) in [6.07, 6.45) is -5.00. The lowest BCUT2D eigenvalue weighted by Crippen LogP contribution is -2.17. The van der Waals surface area contributed by atoms with Gasteiger partial charge in [-0.05, 0) is 11.6 Å². The molecule has 0 radical (unpaired) electrons. The largest absolute Gasteiger partial charge is 0.431 e. The average molecular weight is 172 g/mol. The van der Waals surface area contributed by atoms with Crippen molar-refractivity contribution in [2.75, 3.05) is 0 Å². The summed E-state index contributed by atoms with van der Waals surface area (Å²) in [6, 6.07) is 0. The van der Waals surface area contributed by atoms with Crippen LogP contribution >= 0.6 is 11.6 Å². The zero-order valence-corrected chi connectivity index (χ0v) is 5.08. The van der Waals surface area contributed by atoms with Crippen molar-refractivity contribution in [2.45, 2.75) is 6.18 Å². The first kappa shape index (κ1) is 9.20. The predicted molar refractivity (Wildman–Crippen MR) is 26.1 cm³/mol. The molecule has 0 amide bonds. The highest BCUT2D eigenvalue weighted by Gasteiger charge is 2.39. The summed E-state index contributed by atoms with van der Waals surface area (Å²) in [4.78, 5) is 19.2. The first-order valence-electron chi connectivity index (χ1n) is 1.91. The van der Waals surface area contributed by atoms with E-state index in [2.05, 4.69) is 11.6 Å². The summed E-state index contributed by atoms with van der Waals surface area (Å²) in [6.45, 7) is 0. The molecular formula is C4ClF3O2. The Morgan fingerprint density at radius 3 is 1.80 bits per heavy atom. The van der Waals surface area contributed by atoms with Gasteiger partial charge in [-0.1, -0.05) is 0 Å². The van der Waals surface area contributed by atoms with Crippen LogP contribution in [0, 0.1) is 0 Å². The minimum Gasteiger partial charge on any atom is -0.275 e. The second-order valence-corrected chi connectivity index (χ2v) is 1.59. The lowest BCUT2D eigenvalue weighted by molar-refractivity contribution is -0.121. The van der Waals surface area contributed by atoms with E-state index in [-0.39, 0.29) is 0 Å². The molecule has 0 aromatic carbocycles. The molecule has 0 aliphatic rings. The monoisotopic (exact) mass is 172 g/mol. The molecule has 0 atom stereocenters. The molecule has 0 N–H and O–H groups in total. The Morgan fingerprint density at radius 1 is 1.40 bits per heavy atom. The van der Waals surface area contributed by atoms with E-state index in [9.17, 15) is 22.8 Å². The number of carbonyl (C=O) groups is 1. The Morgan fingerprint density at radius 2 is 1.80 bits per heavy atom. The van der Waals surface area contributed by atoms with Crippen molar-refractivity contribution < 1.29 is 22.8 Å². The molecule has 0 spiro atoms. The standard InChI is InChI=1S/C4ClF3O2/c5-3(10)2(1-9)4(6,7)8. The van der Waals surface area contributed by atoms with Gasteiger partial charge in [0.25, 0.3) is 5.24 Å². The lowest BCUT2D eigenvalue weighted by atomic mass is 10.3. The molecule has 0 bridgehead atoms. The third-order valence-electron chi connectivity index (χ3n) is 0.582. The van der Waals surface area contributed by atoms with Crippen LogP contribution in [0.5, 0.6) is 0 Å². The van der Waals surface area contributed by atoms with Crippen molar-refractivity contribution in [3.63, 3.8) is 0 Å². The molecule has 0 rings (SSSR count). The van der Waals surface area contributed by atoms with E-state index >= 15 is 0 Å². The Labute approximate surface area is 58.3 Å². The fraction of sp³-hybridized carbons (Fsp3) is 0.250. The zero-order valence-electron chi connectivity index (χ0n) is 4.33. The van der Waals surface area contributed by atoms with Gasteiger partial charge >= 0.3 is 6.18 Å². The summed E-state index contributed by atoms with van der Waals surface area (Å²) in [7, 11) is 0. The molecule has 0 aliphatic carbocycles. The number of hydrogen-bond acceptors (Lipinski definition) is 2. The van der Waals surface area contributed by atoms with Gasteiger partial charge in [0.15, 0.2) is 5.57 Å². The molecular weight excluding hydrogens is 172 g/mol. The smallest absolute Gasteiger partial charge is 0.275 e. The number of hydrogen-bond donors (Lipinski definition) is 0. The van der Waals surface area contributed by atoms with Gasteiger partial charge in [0.2, 0.25) is 0 Å². The van der Waals surface area contributed by atoms with E-state index in [0.717, 1.165) is 0 Å². The first-order valence-corrected chi connectivity index (χ1v) is 2.29. The Hall–Kier alpha value is -0.800. The summed E-state index contributed by atoms with van der Waals surface area (Å²) in [5, 5.41) is -1.84. The van der Waals surface area contributed by atoms with E-state index in [0.29, 0.717) is 5.94 Å². The predicted octanol–water partition coefficient (Wildman–Crippen LogP) is 1.07. The van der Waals surface area contributed by atoms with Gasteiger partial charge in [-0.15, -0.1) is 0 Å². The van der Waals surface area contributed by atoms with Crippen LogP contribution in [0.4, 0.5) is 13.2 Å². The first-order chi connectivity index (χ1) is 4.39. The molecule has 0 aliphatic heterocycles. The zero-order chi connectivity index (χ0) is 8.36. The second-order valence-electron chi connectivity index (χ2n) is 1.25. The SMILES string of the molecule is O=C=C(C(=O)Cl)C(F)(F)F. The number of rotatable bonds is 1. The fourth-order valence-electron chi connectivity index (χ4n) is 0.209. The van der Waals surface area contributed by atoms with Crippen LogP contribution < -0.4 is 0 Å². The fourth-order valence-corrected chi connectivity index (χ4v) is 0.355. The second kappa shape index (κ2) is 2.86. The minimum absolute atomic E-state index is 0.402. The van der Waals surface area contributed by atoms with Crippen LogP contribution in [0.1, 0.15) is 0 Å². The minimum atomic E-state index is -5.00. The third kappa shape index (κ3) is 2.21. The van der Waals surface area contributed by atoms with E-state index < -0.39 is 17.0 Å². The van der Waals surface area contributed by atoms with Gasteiger partial charge in [0.1, 0.15) is 5.94 Å². The van der Waals surface area contributed by atoms with Crippen LogP contribution in [0.3, 0.4) is 0 Å². The van der Waals surface area contributed by atoms with Crippen LogP contribution in [0.2, 0.25) is 0 Å². The van der Waals surface area contributed by atoms with E-state index in [4.69, 9.17) is 0 Å². The Bertz CT molecular complexity index is 201. The van der Waals surface area contributed by atoms with Crippen molar-refractivity contribution in [3.05, 3.63) is 5.57 Å². The van der Waals surface area contributed by atoms with Crippen LogP contribution in [0.15, 0.2) is 5.57 Å². The van der Waals surface area contributed by atoms with Crippen LogP contribution in [0.25, 0.3) is 0 Å². The van der Waals surface area contributed by atoms with Gasteiger partial charge in [-0.3, -0.25) is 4.79 Å². The van der Waals surface area contributed by atoms with Crippen molar-refractivity contribution in [3.8, 4) is 0 Å². The summed E-state index contributed by atoms with van der Waals surface area (Å²) in [5.41, 5.74) is -2.01. The van der Waals surface area contributed by atoms with Crippen molar-refractivity contribution in [1.29, 1.82) is 0 Å². The summed E-state index contributed by atoms with van der Waals surface area (Å²) < 4.78 is 34.1. The summed E-state index contributed by atoms with van der Waals surface area (Å²) >= 11 is 4.37. The van der Waals surface area contributed by atoms with Gasteiger partial charge in [0.05, 0.1) is 0 Å². The molecule has 10 heavy (non-hydrogen) atoms. The Balaban J connectivity index is 4.74. The number of carbonyl (C=O) groups excluding carboxylic acids is 2. The van der Waals surface area contributed by atoms with Crippen LogP contribution in [-0.2, 0) is 9.59 Å². The molecule has 0 fully saturated rings. The molecule has 0 heterocycles. The molecule has 0 saturated carbocycles. The highest BCUT2D eigenvalue weighted by atomic mass is 35.5. The summed E-state index contributed by atoms with van der Waals surface area (Å²) in [5.74, 6) is 0.402. The molecule has 6 heteroatoms. The van der Waals surface area contributed by atoms with Crippen molar-refractivity contribution in [1.82, 2.24) is 0 Å². The van der Waals surface area contributed by atoms with Gasteiger partial charge in [-0.25, -0.2) is 4.79 Å². The van der Waals surface area contributed by atoms with Crippen molar-refractivity contribution in [2.24, 2.45) is 0 Å². The van der Waals surface area contributed by atoms with E-state index in [1.807, 2.05) is 0 Å². The number of alkyl halides is 3. The maximum absolute atomic E-state index is 11.4. The van der Waals surface area contributed by atoms with Gasteiger partial charge in [0, 0.05) is 0 Å². The maximum atomic E-state index is 11.4. The average Bonchev–Trinajstić information content (AvgIpc) is 1.60. The van der Waals surface area contributed by atoms with E-state index in [1.165, 1.54) is 0 Å². The molecule has 0 aromatic heterocycles. The van der Waals surface area contributed by atoms with E-state index in [1.54, 1.807) is 0 Å².